The van der Waals surface area contributed by atoms with Crippen molar-refractivity contribution in [1.29, 1.82) is 0 Å². The largest absolute Gasteiger partial charge is 0.461 e. The highest BCUT2D eigenvalue weighted by molar-refractivity contribution is 8.07. The lowest BCUT2D eigenvalue weighted by Gasteiger charge is -2.29. The number of carbonyl (C=O) groups is 1. The molecule has 0 amide bonds. The lowest BCUT2D eigenvalue weighted by atomic mass is 10.4. The number of hydrogen-bond acceptors (Lipinski definition) is 6. The molecule has 1 aliphatic rings. The van der Waals surface area contributed by atoms with Crippen molar-refractivity contribution in [3.63, 3.8) is 0 Å². The van der Waals surface area contributed by atoms with Crippen LogP contribution in [0.1, 0.15) is 41.5 Å². The van der Waals surface area contributed by atoms with Crippen molar-refractivity contribution >= 4 is 40.8 Å². The molecule has 18 heavy (non-hydrogen) atoms. The second-order valence-corrected chi connectivity index (χ2v) is 8.04. The molecule has 0 aromatic carbocycles. The maximum absolute atomic E-state index is 11.6. The lowest BCUT2D eigenvalue weighted by molar-refractivity contribution is 0.0520. The Labute approximate surface area is 120 Å². The van der Waals surface area contributed by atoms with Crippen LogP contribution in [0.2, 0.25) is 0 Å². The van der Waals surface area contributed by atoms with Gasteiger partial charge in [-0.25, -0.2) is 9.78 Å². The Morgan fingerprint density at radius 1 is 1.50 bits per heavy atom. The van der Waals surface area contributed by atoms with Gasteiger partial charge >= 0.3 is 5.97 Å². The van der Waals surface area contributed by atoms with E-state index >= 15 is 0 Å². The third-order valence-corrected chi connectivity index (χ3v) is 7.34. The van der Waals surface area contributed by atoms with E-state index in [-0.39, 0.29) is 5.97 Å². The van der Waals surface area contributed by atoms with Gasteiger partial charge in [-0.15, -0.1) is 23.1 Å². The number of thiazole rings is 1. The van der Waals surface area contributed by atoms with Crippen molar-refractivity contribution in [1.82, 2.24) is 4.98 Å². The molecule has 100 valence electrons. The average molecular weight is 303 g/mol. The van der Waals surface area contributed by atoms with Crippen LogP contribution in [0.4, 0.5) is 0 Å². The highest BCUT2D eigenvalue weighted by Crippen LogP contribution is 2.44. The molecule has 0 saturated carbocycles. The van der Waals surface area contributed by atoms with Crippen LogP contribution in [0.5, 0.6) is 0 Å². The summed E-state index contributed by atoms with van der Waals surface area (Å²) in [5.74, 6) is 0.765. The van der Waals surface area contributed by atoms with Crippen molar-refractivity contribution in [3.05, 3.63) is 16.1 Å². The number of rotatable bonds is 3. The summed E-state index contributed by atoms with van der Waals surface area (Å²) in [6.07, 6.45) is 0. The average Bonchev–Trinajstić information content (AvgIpc) is 2.82. The summed E-state index contributed by atoms with van der Waals surface area (Å²) in [4.78, 5) is 16.0. The minimum Gasteiger partial charge on any atom is -0.461 e. The summed E-state index contributed by atoms with van der Waals surface area (Å²) >= 11 is 5.51. The van der Waals surface area contributed by atoms with Gasteiger partial charge in [-0.3, -0.25) is 0 Å². The second kappa shape index (κ2) is 6.30. The van der Waals surface area contributed by atoms with Gasteiger partial charge in [0.15, 0.2) is 5.69 Å². The fourth-order valence-electron chi connectivity index (χ4n) is 1.65. The van der Waals surface area contributed by atoms with Crippen molar-refractivity contribution < 1.29 is 9.53 Å². The normalized spacial score (nSPS) is 28.1. The molecule has 0 N–H and O–H groups in total. The highest BCUT2D eigenvalue weighted by atomic mass is 32.2. The Balaban J connectivity index is 2.04. The first-order chi connectivity index (χ1) is 8.61. The molecule has 1 aliphatic heterocycles. The molecule has 6 heteroatoms. The molecule has 0 spiro atoms. The summed E-state index contributed by atoms with van der Waals surface area (Å²) in [6, 6.07) is 0. The van der Waals surface area contributed by atoms with Crippen LogP contribution < -0.4 is 0 Å². The molecule has 0 radical (unpaired) electrons. The van der Waals surface area contributed by atoms with Gasteiger partial charge in [0.25, 0.3) is 0 Å². The molecule has 0 bridgehead atoms. The molecule has 1 saturated heterocycles. The maximum Gasteiger partial charge on any atom is 0.357 e. The first-order valence-electron chi connectivity index (χ1n) is 6.01. The number of carbonyl (C=O) groups excluding carboxylic acids is 1. The molecular formula is C12H17NO2S3. The first-order valence-corrected chi connectivity index (χ1v) is 8.88. The number of hydrogen-bond donors (Lipinski definition) is 0. The van der Waals surface area contributed by atoms with E-state index in [9.17, 15) is 4.79 Å². The number of nitrogens with zero attached hydrogens (tertiary/aromatic N) is 1. The number of ether oxygens (including phenoxy) is 1. The van der Waals surface area contributed by atoms with Crippen LogP contribution in [0.15, 0.2) is 5.38 Å². The van der Waals surface area contributed by atoms with Crippen molar-refractivity contribution in [3.8, 4) is 0 Å². The van der Waals surface area contributed by atoms with Crippen LogP contribution in [0, 0.1) is 0 Å². The summed E-state index contributed by atoms with van der Waals surface area (Å²) < 4.78 is 4.96. The zero-order valence-corrected chi connectivity index (χ0v) is 13.2. The van der Waals surface area contributed by atoms with E-state index < -0.39 is 0 Å². The SMILES string of the molecule is CCOC(=O)c1csc(C2CSC(C)C(C)S2)n1. The molecule has 3 unspecified atom stereocenters. The van der Waals surface area contributed by atoms with Gasteiger partial charge in [-0.1, -0.05) is 13.8 Å². The smallest absolute Gasteiger partial charge is 0.357 e. The monoisotopic (exact) mass is 303 g/mol. The highest BCUT2D eigenvalue weighted by Gasteiger charge is 2.29. The van der Waals surface area contributed by atoms with E-state index in [4.69, 9.17) is 4.74 Å². The van der Waals surface area contributed by atoms with E-state index in [2.05, 4.69) is 18.8 Å². The molecule has 1 aromatic heterocycles. The van der Waals surface area contributed by atoms with E-state index in [1.807, 2.05) is 30.4 Å². The molecule has 3 atom stereocenters. The van der Waals surface area contributed by atoms with E-state index in [0.717, 1.165) is 10.8 Å². The fraction of sp³-hybridized carbons (Fsp3) is 0.667. The molecule has 0 aliphatic carbocycles. The number of aromatic nitrogens is 1. The fourth-order valence-corrected chi connectivity index (χ4v) is 5.65. The molecule has 1 aromatic rings. The van der Waals surface area contributed by atoms with Crippen LogP contribution in [-0.2, 0) is 4.74 Å². The maximum atomic E-state index is 11.6. The van der Waals surface area contributed by atoms with Crippen molar-refractivity contribution in [2.24, 2.45) is 0 Å². The molecule has 3 nitrogen and oxygen atoms in total. The van der Waals surface area contributed by atoms with Gasteiger partial charge in [0.2, 0.25) is 0 Å². The van der Waals surface area contributed by atoms with Crippen molar-refractivity contribution in [2.45, 2.75) is 36.5 Å². The third kappa shape index (κ3) is 3.22. The first kappa shape index (κ1) is 14.2. The zero-order chi connectivity index (χ0) is 13.1. The van der Waals surface area contributed by atoms with E-state index in [1.54, 1.807) is 16.7 Å². The molecule has 2 rings (SSSR count). The van der Waals surface area contributed by atoms with E-state index in [1.165, 1.54) is 0 Å². The summed E-state index contributed by atoms with van der Waals surface area (Å²) in [5.41, 5.74) is 0.453. The molecule has 1 fully saturated rings. The Morgan fingerprint density at radius 3 is 2.94 bits per heavy atom. The predicted octanol–water partition coefficient (Wildman–Crippen LogP) is 3.62. The molecule has 2 heterocycles. The van der Waals surface area contributed by atoms with E-state index in [0.29, 0.717) is 28.1 Å². The van der Waals surface area contributed by atoms with Crippen LogP contribution in [0.3, 0.4) is 0 Å². The van der Waals surface area contributed by atoms with Gasteiger partial charge in [0.1, 0.15) is 5.01 Å². The third-order valence-electron chi connectivity index (χ3n) is 2.83. The van der Waals surface area contributed by atoms with Gasteiger partial charge in [-0.05, 0) is 6.92 Å². The Bertz CT molecular complexity index is 421. The van der Waals surface area contributed by atoms with Crippen LogP contribution in [-0.4, -0.2) is 33.8 Å². The topological polar surface area (TPSA) is 39.2 Å². The lowest BCUT2D eigenvalue weighted by Crippen LogP contribution is -2.21. The van der Waals surface area contributed by atoms with Gasteiger partial charge in [0.05, 0.1) is 11.9 Å². The van der Waals surface area contributed by atoms with Gasteiger partial charge in [-0.2, -0.15) is 11.8 Å². The minimum atomic E-state index is -0.310. The number of esters is 1. The minimum absolute atomic E-state index is 0.310. The second-order valence-electron chi connectivity index (χ2n) is 4.16. The Kier molecular flexibility index (Phi) is 4.98. The zero-order valence-electron chi connectivity index (χ0n) is 10.7. The quantitative estimate of drug-likeness (QED) is 0.798. The van der Waals surface area contributed by atoms with Gasteiger partial charge < -0.3 is 4.74 Å². The predicted molar refractivity (Wildman–Crippen MR) is 79.8 cm³/mol. The Morgan fingerprint density at radius 2 is 2.28 bits per heavy atom. The molecular weight excluding hydrogens is 286 g/mol. The standard InChI is InChI=1S/C12H17NO2S3/c1-4-15-12(14)9-5-17-11(13-9)10-6-16-7(2)8(3)18-10/h5,7-8,10H,4,6H2,1-3H3. The van der Waals surface area contributed by atoms with Crippen LogP contribution in [0.25, 0.3) is 0 Å². The summed E-state index contributed by atoms with van der Waals surface area (Å²) in [7, 11) is 0. The Hall–Kier alpha value is -0.200. The van der Waals surface area contributed by atoms with Crippen molar-refractivity contribution in [2.75, 3.05) is 12.4 Å². The number of thioether (sulfide) groups is 2. The van der Waals surface area contributed by atoms with Crippen LogP contribution >= 0.6 is 34.9 Å². The summed E-state index contributed by atoms with van der Waals surface area (Å²) in [5, 5.41) is 4.59. The summed E-state index contributed by atoms with van der Waals surface area (Å²) in [6.45, 7) is 6.73. The van der Waals surface area contributed by atoms with Gasteiger partial charge in [0, 0.05) is 21.6 Å².